The molecule has 31 heavy (non-hydrogen) atoms. The summed E-state index contributed by atoms with van der Waals surface area (Å²) in [5.74, 6) is 0.993. The average molecular weight is 426 g/mol. The van der Waals surface area contributed by atoms with Gasteiger partial charge in [-0.2, -0.15) is 0 Å². The first-order chi connectivity index (χ1) is 15.0. The Balaban J connectivity index is 1.39. The smallest absolute Gasteiger partial charge is 0.319 e. The summed E-state index contributed by atoms with van der Waals surface area (Å²) in [6.07, 6.45) is 1.87. The van der Waals surface area contributed by atoms with E-state index in [4.69, 9.17) is 9.47 Å². The van der Waals surface area contributed by atoms with E-state index in [1.807, 2.05) is 0 Å². The van der Waals surface area contributed by atoms with Crippen LogP contribution in [-0.2, 0) is 4.79 Å². The van der Waals surface area contributed by atoms with Crippen LogP contribution in [0.2, 0.25) is 0 Å². The number of nitrogens with one attached hydrogen (secondary N) is 4. The lowest BCUT2D eigenvalue weighted by Gasteiger charge is -2.11. The van der Waals surface area contributed by atoms with Crippen LogP contribution < -0.4 is 30.7 Å². The van der Waals surface area contributed by atoms with E-state index in [9.17, 15) is 14.4 Å². The molecule has 0 aliphatic heterocycles. The molecule has 2 aromatic rings. The molecule has 4 N–H and O–H groups in total. The second-order valence-electron chi connectivity index (χ2n) is 7.08. The highest BCUT2D eigenvalue weighted by Gasteiger charge is 2.29. The zero-order valence-electron chi connectivity index (χ0n) is 17.5. The van der Waals surface area contributed by atoms with Crippen LogP contribution in [0.1, 0.15) is 23.2 Å². The number of hydrogen-bond acceptors (Lipinski definition) is 5. The maximum Gasteiger partial charge on any atom is 0.319 e. The number of amides is 4. The highest BCUT2D eigenvalue weighted by atomic mass is 16.5. The average Bonchev–Trinajstić information content (AvgIpc) is 3.62. The van der Waals surface area contributed by atoms with Crippen molar-refractivity contribution in [3.05, 3.63) is 48.0 Å². The molecule has 0 unspecified atom stereocenters. The van der Waals surface area contributed by atoms with E-state index in [1.165, 1.54) is 14.2 Å². The van der Waals surface area contributed by atoms with Gasteiger partial charge in [0.2, 0.25) is 5.91 Å². The lowest BCUT2D eigenvalue weighted by molar-refractivity contribution is -0.117. The van der Waals surface area contributed by atoms with Crippen molar-refractivity contribution in [3.8, 4) is 11.5 Å². The molecule has 0 spiro atoms. The van der Waals surface area contributed by atoms with Gasteiger partial charge in [-0.25, -0.2) is 4.79 Å². The van der Waals surface area contributed by atoms with Crippen LogP contribution in [0.5, 0.6) is 11.5 Å². The van der Waals surface area contributed by atoms with Gasteiger partial charge in [-0.15, -0.1) is 0 Å². The van der Waals surface area contributed by atoms with Crippen LogP contribution in [0.4, 0.5) is 16.2 Å². The van der Waals surface area contributed by atoms with Crippen molar-refractivity contribution in [1.82, 2.24) is 10.6 Å². The van der Waals surface area contributed by atoms with Crippen LogP contribution in [0.15, 0.2) is 42.5 Å². The van der Waals surface area contributed by atoms with Gasteiger partial charge in [0.1, 0.15) is 11.5 Å². The zero-order chi connectivity index (χ0) is 22.2. The van der Waals surface area contributed by atoms with E-state index in [0.717, 1.165) is 12.8 Å². The van der Waals surface area contributed by atoms with Crippen molar-refractivity contribution in [2.24, 2.45) is 5.92 Å². The minimum Gasteiger partial charge on any atom is -0.497 e. The molecule has 3 rings (SSSR count). The molecule has 4 amide bonds. The minimum absolute atomic E-state index is 0.0222. The van der Waals surface area contributed by atoms with Crippen molar-refractivity contribution < 1.29 is 23.9 Å². The molecule has 0 heterocycles. The summed E-state index contributed by atoms with van der Waals surface area (Å²) in [5.41, 5.74) is 1.66. The van der Waals surface area contributed by atoms with Crippen LogP contribution in [-0.4, -0.2) is 45.2 Å². The second-order valence-corrected chi connectivity index (χ2v) is 7.08. The maximum atomic E-state index is 12.2. The second kappa shape index (κ2) is 10.3. The van der Waals surface area contributed by atoms with E-state index in [1.54, 1.807) is 42.5 Å². The van der Waals surface area contributed by atoms with E-state index >= 15 is 0 Å². The van der Waals surface area contributed by atoms with Gasteiger partial charge in [-0.1, -0.05) is 0 Å². The molecule has 164 valence electrons. The van der Waals surface area contributed by atoms with Crippen molar-refractivity contribution in [1.29, 1.82) is 0 Å². The fourth-order valence-corrected chi connectivity index (χ4v) is 2.80. The van der Waals surface area contributed by atoms with E-state index in [0.29, 0.717) is 28.4 Å². The van der Waals surface area contributed by atoms with Crippen LogP contribution >= 0.6 is 0 Å². The molecule has 9 heteroatoms. The molecule has 2 aromatic carbocycles. The fourth-order valence-electron chi connectivity index (χ4n) is 2.80. The number of ether oxygens (including phenoxy) is 2. The molecule has 0 atom stereocenters. The SMILES string of the molecule is COc1cc(NC(=O)NCCNC(=O)c2ccc(NC(=O)C3CC3)cc2)cc(OC)c1. The highest BCUT2D eigenvalue weighted by Crippen LogP contribution is 2.30. The third kappa shape index (κ3) is 6.63. The van der Waals surface area contributed by atoms with Crippen molar-refractivity contribution in [2.75, 3.05) is 37.9 Å². The number of urea groups is 1. The minimum atomic E-state index is -0.416. The lowest BCUT2D eigenvalue weighted by Crippen LogP contribution is -2.36. The fraction of sp³-hybridized carbons (Fsp3) is 0.318. The Kier molecular flexibility index (Phi) is 7.31. The predicted octanol–water partition coefficient (Wildman–Crippen LogP) is 2.60. The van der Waals surface area contributed by atoms with Gasteiger partial charge in [0.15, 0.2) is 0 Å². The summed E-state index contributed by atoms with van der Waals surface area (Å²) in [6, 6.07) is 11.3. The summed E-state index contributed by atoms with van der Waals surface area (Å²) >= 11 is 0. The van der Waals surface area contributed by atoms with Crippen LogP contribution in [0.3, 0.4) is 0 Å². The van der Waals surface area contributed by atoms with Gasteiger partial charge in [0.05, 0.1) is 14.2 Å². The predicted molar refractivity (Wildman–Crippen MR) is 117 cm³/mol. The Labute approximate surface area is 180 Å². The number of rotatable bonds is 9. The van der Waals surface area contributed by atoms with Crippen LogP contribution in [0.25, 0.3) is 0 Å². The first-order valence-corrected chi connectivity index (χ1v) is 9.95. The Morgan fingerprint density at radius 3 is 2.03 bits per heavy atom. The van der Waals surface area contributed by atoms with Crippen molar-refractivity contribution in [3.63, 3.8) is 0 Å². The number of anilines is 2. The van der Waals surface area contributed by atoms with Gasteiger partial charge in [0.25, 0.3) is 5.91 Å². The summed E-state index contributed by atoms with van der Waals surface area (Å²) in [4.78, 5) is 36.0. The number of carbonyl (C=O) groups excluding carboxylic acids is 3. The Morgan fingerprint density at radius 2 is 1.45 bits per heavy atom. The molecule has 1 aliphatic carbocycles. The first kappa shape index (κ1) is 21.9. The molecule has 9 nitrogen and oxygen atoms in total. The number of methoxy groups -OCH3 is 2. The lowest BCUT2D eigenvalue weighted by atomic mass is 10.2. The quantitative estimate of drug-likeness (QED) is 0.460. The van der Waals surface area contributed by atoms with Gasteiger partial charge in [-0.05, 0) is 37.1 Å². The van der Waals surface area contributed by atoms with Gasteiger partial charge < -0.3 is 30.7 Å². The summed E-state index contributed by atoms with van der Waals surface area (Å²) in [5, 5.41) is 10.9. The van der Waals surface area contributed by atoms with E-state index < -0.39 is 6.03 Å². The van der Waals surface area contributed by atoms with E-state index in [-0.39, 0.29) is 30.8 Å². The standard InChI is InChI=1S/C22H26N4O5/c1-30-18-11-17(12-19(13-18)31-2)26-22(29)24-10-9-23-20(27)14-5-7-16(8-6-14)25-21(28)15-3-4-15/h5-8,11-13,15H,3-4,9-10H2,1-2H3,(H,23,27)(H,25,28)(H2,24,26,29). The molecular formula is C22H26N4O5. The Hall–Kier alpha value is -3.75. The summed E-state index contributed by atoms with van der Waals surface area (Å²) in [7, 11) is 3.05. The van der Waals surface area contributed by atoms with E-state index in [2.05, 4.69) is 21.3 Å². The maximum absolute atomic E-state index is 12.2. The molecule has 0 bridgehead atoms. The topological polar surface area (TPSA) is 118 Å². The molecule has 1 saturated carbocycles. The Morgan fingerprint density at radius 1 is 0.839 bits per heavy atom. The molecule has 0 saturated heterocycles. The van der Waals surface area contributed by atoms with Crippen molar-refractivity contribution in [2.45, 2.75) is 12.8 Å². The molecule has 0 radical (unpaired) electrons. The zero-order valence-corrected chi connectivity index (χ0v) is 17.5. The van der Waals surface area contributed by atoms with Crippen LogP contribution in [0, 0.1) is 5.92 Å². The summed E-state index contributed by atoms with van der Waals surface area (Å²) in [6.45, 7) is 0.502. The highest BCUT2D eigenvalue weighted by molar-refractivity contribution is 5.97. The largest absolute Gasteiger partial charge is 0.497 e. The summed E-state index contributed by atoms with van der Waals surface area (Å²) < 4.78 is 10.3. The van der Waals surface area contributed by atoms with Gasteiger partial charge in [-0.3, -0.25) is 9.59 Å². The van der Waals surface area contributed by atoms with Gasteiger partial charge >= 0.3 is 6.03 Å². The Bertz CT molecular complexity index is 919. The number of hydrogen-bond donors (Lipinski definition) is 4. The molecule has 1 fully saturated rings. The normalized spacial score (nSPS) is 12.5. The monoisotopic (exact) mass is 426 g/mol. The molecule has 0 aromatic heterocycles. The number of carbonyl (C=O) groups is 3. The molecular weight excluding hydrogens is 400 g/mol. The first-order valence-electron chi connectivity index (χ1n) is 9.95. The number of benzene rings is 2. The van der Waals surface area contributed by atoms with Crippen molar-refractivity contribution >= 4 is 29.2 Å². The molecule has 1 aliphatic rings. The third-order valence-electron chi connectivity index (χ3n) is 4.67. The third-order valence-corrected chi connectivity index (χ3v) is 4.67. The van der Waals surface area contributed by atoms with Gasteiger partial charge in [0, 0.05) is 54.1 Å².